The number of benzene rings is 2. The van der Waals surface area contributed by atoms with Crippen LogP contribution in [-0.4, -0.2) is 11.1 Å². The number of hydrogen-bond donors (Lipinski definition) is 1. The largest absolute Gasteiger partial charge is 0.356 e. The molecule has 122 valence electrons. The van der Waals surface area contributed by atoms with Gasteiger partial charge in [0, 0.05) is 21.7 Å². The summed E-state index contributed by atoms with van der Waals surface area (Å²) in [5.41, 5.74) is 2.44. The maximum atomic E-state index is 12.0. The molecule has 0 spiro atoms. The summed E-state index contributed by atoms with van der Waals surface area (Å²) in [5, 5.41) is 8.10. The van der Waals surface area contributed by atoms with Crippen molar-refractivity contribution in [1.82, 2.24) is 10.5 Å². The highest BCUT2D eigenvalue weighted by Crippen LogP contribution is 2.22. The number of halogens is 2. The van der Waals surface area contributed by atoms with E-state index in [1.54, 1.807) is 30.3 Å². The number of amides is 1. The van der Waals surface area contributed by atoms with Crippen LogP contribution in [0.1, 0.15) is 11.3 Å². The maximum absolute atomic E-state index is 12.0. The molecule has 3 rings (SSSR count). The second kappa shape index (κ2) is 7.51. The molecule has 1 heterocycles. The molecule has 0 atom stereocenters. The molecule has 6 heteroatoms. The Morgan fingerprint density at radius 2 is 1.62 bits per heavy atom. The van der Waals surface area contributed by atoms with Crippen molar-refractivity contribution in [3.63, 3.8) is 0 Å². The van der Waals surface area contributed by atoms with Gasteiger partial charge in [-0.3, -0.25) is 4.79 Å². The van der Waals surface area contributed by atoms with E-state index in [0.717, 1.165) is 11.1 Å². The Morgan fingerprint density at radius 3 is 2.29 bits per heavy atom. The molecule has 2 aromatic carbocycles. The van der Waals surface area contributed by atoms with Gasteiger partial charge in [-0.15, -0.1) is 0 Å². The van der Waals surface area contributed by atoms with Crippen LogP contribution in [0.3, 0.4) is 0 Å². The Labute approximate surface area is 149 Å². The van der Waals surface area contributed by atoms with E-state index in [1.807, 2.05) is 24.3 Å². The Kier molecular flexibility index (Phi) is 5.18. The number of carbonyl (C=O) groups excluding carboxylic acids is 1. The van der Waals surface area contributed by atoms with E-state index in [4.69, 9.17) is 27.7 Å². The lowest BCUT2D eigenvalue weighted by atomic mass is 10.1. The molecule has 1 amide bonds. The highest BCUT2D eigenvalue weighted by Gasteiger charge is 2.09. The Hall–Kier alpha value is -2.30. The SMILES string of the molecule is O=C(Cc1ccc(Cl)cc1)NCc1cc(-c2ccc(Cl)cc2)on1. The summed E-state index contributed by atoms with van der Waals surface area (Å²) in [6.07, 6.45) is 0.291. The zero-order valence-corrected chi connectivity index (χ0v) is 14.1. The van der Waals surface area contributed by atoms with Crippen LogP contribution in [0.4, 0.5) is 0 Å². The normalized spacial score (nSPS) is 10.6. The molecule has 0 saturated heterocycles. The van der Waals surface area contributed by atoms with Crippen LogP contribution in [0, 0.1) is 0 Å². The average molecular weight is 361 g/mol. The summed E-state index contributed by atoms with van der Waals surface area (Å²) in [5.74, 6) is 0.544. The van der Waals surface area contributed by atoms with Gasteiger partial charge in [0.15, 0.2) is 5.76 Å². The summed E-state index contributed by atoms with van der Waals surface area (Å²) in [6, 6.07) is 16.3. The van der Waals surface area contributed by atoms with E-state index in [2.05, 4.69) is 10.5 Å². The fourth-order valence-corrected chi connectivity index (χ4v) is 2.44. The van der Waals surface area contributed by atoms with Crippen molar-refractivity contribution in [1.29, 1.82) is 0 Å². The van der Waals surface area contributed by atoms with Gasteiger partial charge in [-0.2, -0.15) is 0 Å². The molecule has 0 bridgehead atoms. The smallest absolute Gasteiger partial charge is 0.224 e. The van der Waals surface area contributed by atoms with E-state index in [-0.39, 0.29) is 5.91 Å². The van der Waals surface area contributed by atoms with Gasteiger partial charge in [-0.05, 0) is 42.0 Å². The number of carbonyl (C=O) groups is 1. The third kappa shape index (κ3) is 4.37. The molecule has 0 aliphatic carbocycles. The van der Waals surface area contributed by atoms with Gasteiger partial charge in [-0.25, -0.2) is 0 Å². The highest BCUT2D eigenvalue weighted by molar-refractivity contribution is 6.30. The molecule has 1 N–H and O–H groups in total. The third-order valence-corrected chi connectivity index (χ3v) is 3.94. The highest BCUT2D eigenvalue weighted by atomic mass is 35.5. The molecular weight excluding hydrogens is 347 g/mol. The van der Waals surface area contributed by atoms with E-state index in [9.17, 15) is 4.79 Å². The molecule has 0 unspecified atom stereocenters. The van der Waals surface area contributed by atoms with Crippen LogP contribution in [0.5, 0.6) is 0 Å². The van der Waals surface area contributed by atoms with E-state index in [0.29, 0.717) is 34.5 Å². The van der Waals surface area contributed by atoms with Gasteiger partial charge in [-0.1, -0.05) is 40.5 Å². The predicted molar refractivity (Wildman–Crippen MR) is 94.0 cm³/mol. The molecular formula is C18H14Cl2N2O2. The van der Waals surface area contributed by atoms with E-state index in [1.165, 1.54) is 0 Å². The monoisotopic (exact) mass is 360 g/mol. The van der Waals surface area contributed by atoms with Crippen molar-refractivity contribution in [2.75, 3.05) is 0 Å². The Morgan fingerprint density at radius 1 is 1.00 bits per heavy atom. The number of nitrogens with one attached hydrogen (secondary N) is 1. The van der Waals surface area contributed by atoms with Gasteiger partial charge >= 0.3 is 0 Å². The second-order valence-corrected chi connectivity index (χ2v) is 6.14. The fraction of sp³-hybridized carbons (Fsp3) is 0.111. The van der Waals surface area contributed by atoms with Crippen LogP contribution in [0.15, 0.2) is 59.1 Å². The van der Waals surface area contributed by atoms with Gasteiger partial charge in [0.25, 0.3) is 0 Å². The van der Waals surface area contributed by atoms with Crippen molar-refractivity contribution >= 4 is 29.1 Å². The summed E-state index contributed by atoms with van der Waals surface area (Å²) in [4.78, 5) is 12.0. The molecule has 3 aromatic rings. The number of hydrogen-bond acceptors (Lipinski definition) is 3. The first-order valence-corrected chi connectivity index (χ1v) is 8.08. The molecule has 0 aliphatic heterocycles. The van der Waals surface area contributed by atoms with Gasteiger partial charge in [0.05, 0.1) is 13.0 Å². The number of rotatable bonds is 5. The van der Waals surface area contributed by atoms with Crippen molar-refractivity contribution < 1.29 is 9.32 Å². The standard InChI is InChI=1S/C18H14Cl2N2O2/c19-14-5-1-12(2-6-14)9-18(23)21-11-16-10-17(24-22-16)13-3-7-15(20)8-4-13/h1-8,10H,9,11H2,(H,21,23). The first-order valence-electron chi connectivity index (χ1n) is 7.33. The first kappa shape index (κ1) is 16.6. The topological polar surface area (TPSA) is 55.1 Å². The molecule has 0 radical (unpaired) electrons. The van der Waals surface area contributed by atoms with Crippen molar-refractivity contribution in [2.24, 2.45) is 0 Å². The van der Waals surface area contributed by atoms with Gasteiger partial charge in [0.1, 0.15) is 5.69 Å². The van der Waals surface area contributed by atoms with Crippen molar-refractivity contribution in [2.45, 2.75) is 13.0 Å². The molecule has 0 aliphatic rings. The van der Waals surface area contributed by atoms with Crippen LogP contribution in [0.25, 0.3) is 11.3 Å². The zero-order valence-electron chi connectivity index (χ0n) is 12.6. The van der Waals surface area contributed by atoms with Crippen molar-refractivity contribution in [3.05, 3.63) is 75.9 Å². The van der Waals surface area contributed by atoms with Crippen molar-refractivity contribution in [3.8, 4) is 11.3 Å². The average Bonchev–Trinajstić information content (AvgIpc) is 3.05. The minimum absolute atomic E-state index is 0.0895. The summed E-state index contributed by atoms with van der Waals surface area (Å²) in [7, 11) is 0. The van der Waals surface area contributed by atoms with E-state index >= 15 is 0 Å². The van der Waals surface area contributed by atoms with Gasteiger partial charge < -0.3 is 9.84 Å². The number of nitrogens with zero attached hydrogens (tertiary/aromatic N) is 1. The predicted octanol–water partition coefficient (Wildman–Crippen LogP) is 4.51. The number of aromatic nitrogens is 1. The molecule has 0 saturated carbocycles. The molecule has 4 nitrogen and oxygen atoms in total. The Balaban J connectivity index is 1.56. The Bertz CT molecular complexity index is 827. The minimum Gasteiger partial charge on any atom is -0.356 e. The summed E-state index contributed by atoms with van der Waals surface area (Å²) >= 11 is 11.7. The third-order valence-electron chi connectivity index (χ3n) is 3.43. The lowest BCUT2D eigenvalue weighted by Gasteiger charge is -2.03. The molecule has 24 heavy (non-hydrogen) atoms. The van der Waals surface area contributed by atoms with Crippen LogP contribution < -0.4 is 5.32 Å². The quantitative estimate of drug-likeness (QED) is 0.728. The van der Waals surface area contributed by atoms with Crippen LogP contribution >= 0.6 is 23.2 Å². The zero-order chi connectivity index (χ0) is 16.9. The lowest BCUT2D eigenvalue weighted by Crippen LogP contribution is -2.24. The van der Waals surface area contributed by atoms with Gasteiger partial charge in [0.2, 0.25) is 5.91 Å². The van der Waals surface area contributed by atoms with Crippen LogP contribution in [-0.2, 0) is 17.8 Å². The minimum atomic E-state index is -0.0895. The van der Waals surface area contributed by atoms with E-state index < -0.39 is 0 Å². The maximum Gasteiger partial charge on any atom is 0.224 e. The van der Waals surface area contributed by atoms with Crippen LogP contribution in [0.2, 0.25) is 10.0 Å². The first-order chi connectivity index (χ1) is 11.6. The molecule has 0 fully saturated rings. The lowest BCUT2D eigenvalue weighted by molar-refractivity contribution is -0.120. The fourth-order valence-electron chi connectivity index (χ4n) is 2.18. The second-order valence-electron chi connectivity index (χ2n) is 5.27. The summed E-state index contributed by atoms with van der Waals surface area (Å²) < 4.78 is 5.30. The summed E-state index contributed by atoms with van der Waals surface area (Å²) in [6.45, 7) is 0.309. The molecule has 1 aromatic heterocycles.